The van der Waals surface area contributed by atoms with Crippen LogP contribution in [0.25, 0.3) is 11.0 Å². The minimum atomic E-state index is -0.723. The van der Waals surface area contributed by atoms with Gasteiger partial charge in [0.15, 0.2) is 9.77 Å². The van der Waals surface area contributed by atoms with Crippen molar-refractivity contribution >= 4 is 45.1 Å². The van der Waals surface area contributed by atoms with Crippen molar-refractivity contribution in [1.29, 1.82) is 0 Å². The zero-order chi connectivity index (χ0) is 26.2. The van der Waals surface area contributed by atoms with E-state index in [0.29, 0.717) is 34.0 Å². The zero-order valence-electron chi connectivity index (χ0n) is 20.7. The number of thioether (sulfide) groups is 1. The highest BCUT2D eigenvalue weighted by Gasteiger charge is 2.45. The number of hydrogen-bond donors (Lipinski definition) is 0. The molecule has 38 heavy (non-hydrogen) atoms. The monoisotopic (exact) mass is 541 g/mol. The molecule has 0 fully saturated rings. The predicted molar refractivity (Wildman–Crippen MR) is 149 cm³/mol. The summed E-state index contributed by atoms with van der Waals surface area (Å²) < 4.78 is 12.5. The summed E-state index contributed by atoms with van der Waals surface area (Å²) in [5.41, 5.74) is 3.29. The third-order valence-electron chi connectivity index (χ3n) is 6.32. The Kier molecular flexibility index (Phi) is 6.47. The maximum atomic E-state index is 13.8. The van der Waals surface area contributed by atoms with Crippen molar-refractivity contribution in [3.05, 3.63) is 111 Å². The Balaban J connectivity index is 1.46. The van der Waals surface area contributed by atoms with Gasteiger partial charge in [0, 0.05) is 5.75 Å². The summed E-state index contributed by atoms with van der Waals surface area (Å²) in [6.45, 7) is 4.33. The minimum Gasteiger partial charge on any atom is -0.494 e. The van der Waals surface area contributed by atoms with Crippen LogP contribution in [0, 0.1) is 6.92 Å². The van der Waals surface area contributed by atoms with Crippen LogP contribution < -0.4 is 15.1 Å². The number of ether oxygens (including phenoxy) is 1. The van der Waals surface area contributed by atoms with E-state index in [0.717, 1.165) is 21.2 Å². The van der Waals surface area contributed by atoms with E-state index in [-0.39, 0.29) is 11.2 Å². The van der Waals surface area contributed by atoms with Crippen molar-refractivity contribution in [1.82, 2.24) is 10.2 Å². The van der Waals surface area contributed by atoms with Gasteiger partial charge in [0.1, 0.15) is 11.3 Å². The average Bonchev–Trinajstić information content (AvgIpc) is 3.51. The summed E-state index contributed by atoms with van der Waals surface area (Å²) in [7, 11) is 0. The van der Waals surface area contributed by atoms with Crippen molar-refractivity contribution in [3.63, 3.8) is 0 Å². The van der Waals surface area contributed by atoms with Crippen molar-refractivity contribution in [2.45, 2.75) is 30.0 Å². The number of rotatable bonds is 7. The van der Waals surface area contributed by atoms with Gasteiger partial charge in [-0.1, -0.05) is 77.2 Å². The van der Waals surface area contributed by atoms with Crippen LogP contribution in [0.3, 0.4) is 0 Å². The molecule has 1 aliphatic rings. The number of carbonyl (C=O) groups excluding carboxylic acids is 1. The number of carbonyl (C=O) groups is 1. The van der Waals surface area contributed by atoms with Crippen LogP contribution in [0.15, 0.2) is 86.3 Å². The van der Waals surface area contributed by atoms with Crippen LogP contribution in [-0.4, -0.2) is 22.7 Å². The summed E-state index contributed by atoms with van der Waals surface area (Å²) >= 11 is 2.87. The van der Waals surface area contributed by atoms with E-state index in [1.54, 1.807) is 23.9 Å². The summed E-state index contributed by atoms with van der Waals surface area (Å²) in [6.07, 6.45) is 0. The Morgan fingerprint density at radius 2 is 1.87 bits per heavy atom. The van der Waals surface area contributed by atoms with E-state index in [1.165, 1.54) is 21.8 Å². The Morgan fingerprint density at radius 3 is 2.68 bits per heavy atom. The molecule has 9 heteroatoms. The predicted octanol–water partition coefficient (Wildman–Crippen LogP) is 6.39. The number of aromatic nitrogens is 2. The second-order valence-electron chi connectivity index (χ2n) is 8.88. The van der Waals surface area contributed by atoms with Gasteiger partial charge in [-0.3, -0.25) is 14.5 Å². The lowest BCUT2D eigenvalue weighted by atomic mass is 9.98. The van der Waals surface area contributed by atoms with E-state index >= 15 is 0 Å². The molecule has 3 heterocycles. The van der Waals surface area contributed by atoms with Gasteiger partial charge in [-0.05, 0) is 49.2 Å². The molecular weight excluding hydrogens is 518 g/mol. The molecule has 1 atom stereocenters. The molecule has 1 unspecified atom stereocenters. The zero-order valence-corrected chi connectivity index (χ0v) is 22.3. The SMILES string of the molecule is CCOc1cccc(C2c3c(oc4ccc(C)cc4c3=O)C(=O)N2c2nnc(SCc3ccccc3)s2)c1. The number of amides is 1. The van der Waals surface area contributed by atoms with Gasteiger partial charge in [-0.2, -0.15) is 0 Å². The smallest absolute Gasteiger partial charge is 0.297 e. The summed E-state index contributed by atoms with van der Waals surface area (Å²) in [5.74, 6) is 1.01. The highest BCUT2D eigenvalue weighted by atomic mass is 32.2. The molecule has 0 spiro atoms. The van der Waals surface area contributed by atoms with Gasteiger partial charge in [0.2, 0.25) is 10.9 Å². The Bertz CT molecular complexity index is 1710. The molecule has 0 saturated heterocycles. The lowest BCUT2D eigenvalue weighted by molar-refractivity contribution is 0.0970. The highest BCUT2D eigenvalue weighted by Crippen LogP contribution is 2.44. The fourth-order valence-corrected chi connectivity index (χ4v) is 6.44. The molecule has 0 bridgehead atoms. The number of hydrogen-bond acceptors (Lipinski definition) is 8. The third kappa shape index (κ3) is 4.37. The van der Waals surface area contributed by atoms with E-state index < -0.39 is 11.9 Å². The van der Waals surface area contributed by atoms with Crippen LogP contribution >= 0.6 is 23.1 Å². The molecule has 6 rings (SSSR count). The van der Waals surface area contributed by atoms with Gasteiger partial charge in [-0.15, -0.1) is 10.2 Å². The second kappa shape index (κ2) is 10.1. The normalized spacial score (nSPS) is 14.7. The van der Waals surface area contributed by atoms with E-state index in [9.17, 15) is 9.59 Å². The summed E-state index contributed by atoms with van der Waals surface area (Å²) in [6, 6.07) is 22.2. The van der Waals surface area contributed by atoms with Crippen LogP contribution in [0.5, 0.6) is 5.75 Å². The molecule has 5 aromatic rings. The van der Waals surface area contributed by atoms with Crippen molar-refractivity contribution in [2.75, 3.05) is 11.5 Å². The maximum absolute atomic E-state index is 13.8. The van der Waals surface area contributed by atoms with Crippen LogP contribution in [-0.2, 0) is 5.75 Å². The summed E-state index contributed by atoms with van der Waals surface area (Å²) in [4.78, 5) is 29.2. The fourth-order valence-electron chi connectivity index (χ4n) is 4.62. The van der Waals surface area contributed by atoms with Crippen LogP contribution in [0.1, 0.15) is 45.8 Å². The fraction of sp³-hybridized carbons (Fsp3) is 0.172. The van der Waals surface area contributed by atoms with Crippen molar-refractivity contribution in [3.8, 4) is 5.75 Å². The average molecular weight is 542 g/mol. The largest absolute Gasteiger partial charge is 0.494 e. The Hall–Kier alpha value is -3.95. The molecule has 0 aliphatic carbocycles. The van der Waals surface area contributed by atoms with E-state index in [1.807, 2.05) is 62.4 Å². The van der Waals surface area contributed by atoms with Gasteiger partial charge in [0.05, 0.1) is 23.6 Å². The van der Waals surface area contributed by atoms with Gasteiger partial charge >= 0.3 is 0 Å². The molecule has 1 amide bonds. The van der Waals surface area contributed by atoms with Crippen LogP contribution in [0.2, 0.25) is 0 Å². The number of anilines is 1. The molecule has 1 aliphatic heterocycles. The van der Waals surface area contributed by atoms with Crippen molar-refractivity contribution in [2.24, 2.45) is 0 Å². The number of benzene rings is 3. The second-order valence-corrected chi connectivity index (χ2v) is 11.1. The number of nitrogens with zero attached hydrogens (tertiary/aromatic N) is 3. The highest BCUT2D eigenvalue weighted by molar-refractivity contribution is 8.00. The quantitative estimate of drug-likeness (QED) is 0.174. The van der Waals surface area contributed by atoms with Gasteiger partial charge in [0.25, 0.3) is 5.91 Å². The Morgan fingerprint density at radius 1 is 1.03 bits per heavy atom. The topological polar surface area (TPSA) is 85.5 Å². The van der Waals surface area contributed by atoms with E-state index in [4.69, 9.17) is 9.15 Å². The Labute approximate surface area is 227 Å². The molecule has 190 valence electrons. The number of fused-ring (bicyclic) bond motifs is 2. The molecule has 3 aromatic carbocycles. The first-order valence-electron chi connectivity index (χ1n) is 12.2. The molecular formula is C29H23N3O4S2. The molecule has 7 nitrogen and oxygen atoms in total. The lowest BCUT2D eigenvalue weighted by Crippen LogP contribution is -2.29. The van der Waals surface area contributed by atoms with Gasteiger partial charge in [-0.25, -0.2) is 0 Å². The summed E-state index contributed by atoms with van der Waals surface area (Å²) in [5, 5.41) is 9.56. The minimum absolute atomic E-state index is 0.0341. The number of aryl methyl sites for hydroxylation is 1. The first-order valence-corrected chi connectivity index (χ1v) is 14.0. The molecule has 0 radical (unpaired) electrons. The molecule has 2 aromatic heterocycles. The standard InChI is InChI=1S/C29H23N3O4S2/c1-3-35-20-11-7-10-19(15-20)24-23-25(33)21-14-17(2)12-13-22(21)36-26(23)27(34)32(24)28-30-31-29(38-28)37-16-18-8-5-4-6-9-18/h4-15,24H,3,16H2,1-2H3. The van der Waals surface area contributed by atoms with E-state index in [2.05, 4.69) is 22.3 Å². The molecule has 0 N–H and O–H groups in total. The van der Waals surface area contributed by atoms with Crippen molar-refractivity contribution < 1.29 is 13.9 Å². The third-order valence-corrected chi connectivity index (χ3v) is 8.44. The molecule has 0 saturated carbocycles. The first-order chi connectivity index (χ1) is 18.5. The first kappa shape index (κ1) is 24.4. The maximum Gasteiger partial charge on any atom is 0.297 e. The van der Waals surface area contributed by atoms with Crippen LogP contribution in [0.4, 0.5) is 5.13 Å². The van der Waals surface area contributed by atoms with Gasteiger partial charge < -0.3 is 9.15 Å². The lowest BCUT2D eigenvalue weighted by Gasteiger charge is -2.22.